The van der Waals surface area contributed by atoms with Crippen molar-refractivity contribution in [2.24, 2.45) is 0 Å². The highest BCUT2D eigenvalue weighted by molar-refractivity contribution is 7.80. The Kier molecular flexibility index (Phi) is 3.63. The number of rotatable bonds is 3. The van der Waals surface area contributed by atoms with Crippen LogP contribution in [-0.4, -0.2) is 11.7 Å². The molecule has 0 radical (unpaired) electrons. The number of alkyl halides is 1. The Morgan fingerprint density at radius 1 is 1.54 bits per heavy atom. The molecule has 0 aliphatic rings. The minimum atomic E-state index is -0.0464. The van der Waals surface area contributed by atoms with E-state index in [9.17, 15) is 4.79 Å². The second-order valence-corrected chi connectivity index (χ2v) is 3.44. The van der Waals surface area contributed by atoms with Crippen molar-refractivity contribution < 1.29 is 4.79 Å². The minimum absolute atomic E-state index is 0.0154. The van der Waals surface area contributed by atoms with Gasteiger partial charge < -0.3 is 5.73 Å². The number of carbonyl (C=O) groups is 1. The summed E-state index contributed by atoms with van der Waals surface area (Å²) in [6.45, 7) is 0. The van der Waals surface area contributed by atoms with Crippen molar-refractivity contribution in [2.45, 2.75) is 11.3 Å². The van der Waals surface area contributed by atoms with Gasteiger partial charge in [0.05, 0.1) is 5.88 Å². The maximum absolute atomic E-state index is 11.1. The van der Waals surface area contributed by atoms with Gasteiger partial charge in [-0.2, -0.15) is 0 Å². The van der Waals surface area contributed by atoms with E-state index < -0.39 is 0 Å². The Morgan fingerprint density at radius 2 is 2.23 bits per heavy atom. The highest BCUT2D eigenvalue weighted by Crippen LogP contribution is 2.21. The van der Waals surface area contributed by atoms with Crippen LogP contribution in [0.15, 0.2) is 23.1 Å². The normalized spacial score (nSPS) is 10.0. The van der Waals surface area contributed by atoms with Crippen LogP contribution in [0.5, 0.6) is 0 Å². The molecule has 2 nitrogen and oxygen atoms in total. The molecule has 1 aromatic carbocycles. The molecule has 4 heteroatoms. The molecule has 0 saturated carbocycles. The van der Waals surface area contributed by atoms with E-state index >= 15 is 0 Å². The number of halogens is 1. The van der Waals surface area contributed by atoms with Crippen LogP contribution in [-0.2, 0) is 11.2 Å². The molecule has 0 amide bonds. The topological polar surface area (TPSA) is 43.1 Å². The molecule has 0 aromatic heterocycles. The fourth-order valence-electron chi connectivity index (χ4n) is 1.03. The van der Waals surface area contributed by atoms with Crippen LogP contribution >= 0.6 is 24.2 Å². The van der Waals surface area contributed by atoms with Gasteiger partial charge in [0.1, 0.15) is 0 Å². The monoisotopic (exact) mass is 215 g/mol. The van der Waals surface area contributed by atoms with Crippen LogP contribution in [0.2, 0.25) is 0 Å². The third kappa shape index (κ3) is 2.64. The standard InChI is InChI=1S/C9H10ClNOS/c10-5-6(12)4-7-8(11)2-1-3-9(7)13/h1-3,13H,4-5,11H2. The maximum atomic E-state index is 11.1. The van der Waals surface area contributed by atoms with E-state index in [1.165, 1.54) is 0 Å². The smallest absolute Gasteiger partial charge is 0.152 e. The highest BCUT2D eigenvalue weighted by atomic mass is 35.5. The zero-order valence-corrected chi connectivity index (χ0v) is 8.61. The van der Waals surface area contributed by atoms with Gasteiger partial charge in [-0.15, -0.1) is 24.2 Å². The van der Waals surface area contributed by atoms with E-state index in [1.54, 1.807) is 18.2 Å². The summed E-state index contributed by atoms with van der Waals surface area (Å²) in [7, 11) is 0. The van der Waals surface area contributed by atoms with Crippen LogP contribution < -0.4 is 5.73 Å². The van der Waals surface area contributed by atoms with Crippen LogP contribution in [0, 0.1) is 0 Å². The predicted molar refractivity (Wildman–Crippen MR) is 57.5 cm³/mol. The lowest BCUT2D eigenvalue weighted by molar-refractivity contribution is -0.116. The molecule has 0 unspecified atom stereocenters. The quantitative estimate of drug-likeness (QED) is 0.460. The van der Waals surface area contributed by atoms with Crippen LogP contribution in [0.3, 0.4) is 0 Å². The number of hydrogen-bond donors (Lipinski definition) is 2. The van der Waals surface area contributed by atoms with E-state index in [1.807, 2.05) is 0 Å². The highest BCUT2D eigenvalue weighted by Gasteiger charge is 2.07. The number of anilines is 1. The molecule has 0 bridgehead atoms. The molecule has 0 aliphatic heterocycles. The third-order valence-electron chi connectivity index (χ3n) is 1.71. The molecular formula is C9H10ClNOS. The number of carbonyl (C=O) groups excluding carboxylic acids is 1. The fourth-order valence-corrected chi connectivity index (χ4v) is 1.42. The molecule has 1 rings (SSSR count). The second kappa shape index (κ2) is 4.53. The molecule has 2 N–H and O–H groups in total. The van der Waals surface area contributed by atoms with Gasteiger partial charge in [0, 0.05) is 17.0 Å². The summed E-state index contributed by atoms with van der Waals surface area (Å²) in [5.41, 5.74) is 7.03. The molecule has 0 saturated heterocycles. The van der Waals surface area contributed by atoms with E-state index in [2.05, 4.69) is 12.6 Å². The molecule has 0 heterocycles. The minimum Gasteiger partial charge on any atom is -0.398 e. The number of thiol groups is 1. The van der Waals surface area contributed by atoms with E-state index in [-0.39, 0.29) is 18.1 Å². The van der Waals surface area contributed by atoms with E-state index in [0.717, 1.165) is 10.5 Å². The molecule has 0 aliphatic carbocycles. The van der Waals surface area contributed by atoms with Crippen molar-refractivity contribution in [1.29, 1.82) is 0 Å². The number of benzene rings is 1. The first-order valence-corrected chi connectivity index (χ1v) is 4.77. The Morgan fingerprint density at radius 3 is 2.77 bits per heavy atom. The van der Waals surface area contributed by atoms with Crippen molar-refractivity contribution in [3.63, 3.8) is 0 Å². The summed E-state index contributed by atoms with van der Waals surface area (Å²) in [5, 5.41) is 0. The molecular weight excluding hydrogens is 206 g/mol. The first kappa shape index (κ1) is 10.4. The van der Waals surface area contributed by atoms with Crippen LogP contribution in [0.4, 0.5) is 5.69 Å². The fraction of sp³-hybridized carbons (Fsp3) is 0.222. The molecule has 1 aromatic rings. The van der Waals surface area contributed by atoms with Gasteiger partial charge in [0.2, 0.25) is 0 Å². The number of hydrogen-bond acceptors (Lipinski definition) is 3. The van der Waals surface area contributed by atoms with Crippen LogP contribution in [0.25, 0.3) is 0 Å². The van der Waals surface area contributed by atoms with Gasteiger partial charge in [0.15, 0.2) is 5.78 Å². The van der Waals surface area contributed by atoms with Gasteiger partial charge in [-0.25, -0.2) is 0 Å². The summed E-state index contributed by atoms with van der Waals surface area (Å²) in [6, 6.07) is 5.35. The van der Waals surface area contributed by atoms with Gasteiger partial charge in [-0.1, -0.05) is 6.07 Å². The molecule has 0 atom stereocenters. The van der Waals surface area contributed by atoms with Gasteiger partial charge in [-0.3, -0.25) is 4.79 Å². The maximum Gasteiger partial charge on any atom is 0.152 e. The second-order valence-electron chi connectivity index (χ2n) is 2.69. The number of nitrogens with two attached hydrogens (primary N) is 1. The van der Waals surface area contributed by atoms with Gasteiger partial charge >= 0.3 is 0 Å². The Bertz CT molecular complexity index is 307. The summed E-state index contributed by atoms with van der Waals surface area (Å²) in [4.78, 5) is 11.8. The Labute approximate surface area is 87.5 Å². The largest absolute Gasteiger partial charge is 0.398 e. The molecule has 0 spiro atoms. The summed E-state index contributed by atoms with van der Waals surface area (Å²) >= 11 is 9.60. The first-order valence-electron chi connectivity index (χ1n) is 3.79. The zero-order valence-electron chi connectivity index (χ0n) is 6.96. The van der Waals surface area contributed by atoms with Gasteiger partial charge in [0.25, 0.3) is 0 Å². The lowest BCUT2D eigenvalue weighted by atomic mass is 10.1. The summed E-state index contributed by atoms with van der Waals surface area (Å²) in [5.74, 6) is -0.0310. The number of nitrogen functional groups attached to an aromatic ring is 1. The molecule has 13 heavy (non-hydrogen) atoms. The lowest BCUT2D eigenvalue weighted by Gasteiger charge is -2.06. The molecule has 70 valence electrons. The predicted octanol–water partition coefficient (Wildman–Crippen LogP) is 1.91. The Hall–Kier alpha value is -0.670. The number of ketones is 1. The van der Waals surface area contributed by atoms with Crippen molar-refractivity contribution in [2.75, 3.05) is 11.6 Å². The molecule has 0 fully saturated rings. The zero-order chi connectivity index (χ0) is 9.84. The van der Waals surface area contributed by atoms with Crippen molar-refractivity contribution in [3.8, 4) is 0 Å². The average Bonchev–Trinajstić information content (AvgIpc) is 2.11. The third-order valence-corrected chi connectivity index (χ3v) is 2.43. The van der Waals surface area contributed by atoms with Crippen molar-refractivity contribution in [3.05, 3.63) is 23.8 Å². The van der Waals surface area contributed by atoms with Crippen LogP contribution in [0.1, 0.15) is 5.56 Å². The van der Waals surface area contributed by atoms with E-state index in [4.69, 9.17) is 17.3 Å². The SMILES string of the molecule is Nc1cccc(S)c1CC(=O)CCl. The first-order chi connectivity index (χ1) is 6.15. The lowest BCUT2D eigenvalue weighted by Crippen LogP contribution is -2.06. The Balaban J connectivity index is 2.93. The van der Waals surface area contributed by atoms with Crippen molar-refractivity contribution in [1.82, 2.24) is 0 Å². The summed E-state index contributed by atoms with van der Waals surface area (Å²) < 4.78 is 0. The summed E-state index contributed by atoms with van der Waals surface area (Å²) in [6.07, 6.45) is 0.259. The van der Waals surface area contributed by atoms with E-state index in [0.29, 0.717) is 5.69 Å². The van der Waals surface area contributed by atoms with Gasteiger partial charge in [-0.05, 0) is 17.7 Å². The van der Waals surface area contributed by atoms with Crippen molar-refractivity contribution >= 4 is 35.7 Å². The average molecular weight is 216 g/mol. The number of Topliss-reactive ketones (excluding diaryl/α,β-unsaturated/α-hetero) is 1.